The van der Waals surface area contributed by atoms with Crippen LogP contribution in [0.25, 0.3) is 0 Å². The van der Waals surface area contributed by atoms with Gasteiger partial charge in [0.2, 0.25) is 5.91 Å². The van der Waals surface area contributed by atoms with Gasteiger partial charge in [-0.05, 0) is 43.2 Å². The molecule has 128 valence electrons. The number of carbonyl (C=O) groups is 1. The van der Waals surface area contributed by atoms with Crippen molar-refractivity contribution in [2.45, 2.75) is 20.3 Å². The zero-order chi connectivity index (χ0) is 17.5. The molecular weight excluding hydrogens is 306 g/mol. The predicted molar refractivity (Wildman–Crippen MR) is 94.2 cm³/mol. The molecule has 0 unspecified atom stereocenters. The molecule has 1 amide bonds. The van der Waals surface area contributed by atoms with Crippen molar-refractivity contribution in [2.75, 3.05) is 26.1 Å². The Kier molecular flexibility index (Phi) is 6.07. The van der Waals surface area contributed by atoms with Gasteiger partial charge in [-0.25, -0.2) is 0 Å². The Morgan fingerprint density at radius 3 is 2.54 bits per heavy atom. The van der Waals surface area contributed by atoms with E-state index in [0.717, 1.165) is 16.9 Å². The molecule has 0 saturated heterocycles. The van der Waals surface area contributed by atoms with Crippen LogP contribution in [0.15, 0.2) is 36.4 Å². The van der Waals surface area contributed by atoms with E-state index in [4.69, 9.17) is 14.2 Å². The van der Waals surface area contributed by atoms with E-state index in [0.29, 0.717) is 23.8 Å². The molecule has 0 aliphatic heterocycles. The SMILES string of the molecule is COc1ccc(OC)c(NC(=O)CCOc2cccc(C)c2C)c1. The molecule has 0 aliphatic carbocycles. The molecule has 5 nitrogen and oxygen atoms in total. The molecule has 0 saturated carbocycles. The maximum atomic E-state index is 12.1. The highest BCUT2D eigenvalue weighted by Gasteiger charge is 2.10. The summed E-state index contributed by atoms with van der Waals surface area (Å²) in [4.78, 5) is 12.1. The van der Waals surface area contributed by atoms with Crippen molar-refractivity contribution in [2.24, 2.45) is 0 Å². The van der Waals surface area contributed by atoms with E-state index < -0.39 is 0 Å². The highest BCUT2D eigenvalue weighted by molar-refractivity contribution is 5.92. The van der Waals surface area contributed by atoms with Gasteiger partial charge >= 0.3 is 0 Å². The summed E-state index contributed by atoms with van der Waals surface area (Å²) < 4.78 is 16.1. The largest absolute Gasteiger partial charge is 0.497 e. The highest BCUT2D eigenvalue weighted by atomic mass is 16.5. The number of benzene rings is 2. The summed E-state index contributed by atoms with van der Waals surface area (Å²) in [5.41, 5.74) is 2.83. The molecule has 5 heteroatoms. The van der Waals surface area contributed by atoms with E-state index in [9.17, 15) is 4.79 Å². The molecule has 1 N–H and O–H groups in total. The first-order valence-corrected chi connectivity index (χ1v) is 7.76. The molecule has 0 aliphatic rings. The zero-order valence-electron chi connectivity index (χ0n) is 14.5. The lowest BCUT2D eigenvalue weighted by atomic mass is 10.1. The fourth-order valence-corrected chi connectivity index (χ4v) is 2.26. The average molecular weight is 329 g/mol. The normalized spacial score (nSPS) is 10.2. The van der Waals surface area contributed by atoms with Gasteiger partial charge in [0.25, 0.3) is 0 Å². The van der Waals surface area contributed by atoms with Crippen LogP contribution >= 0.6 is 0 Å². The molecule has 0 fully saturated rings. The van der Waals surface area contributed by atoms with Crippen LogP contribution in [-0.4, -0.2) is 26.7 Å². The molecule has 2 aromatic rings. The Morgan fingerprint density at radius 1 is 1.04 bits per heavy atom. The number of aryl methyl sites for hydroxylation is 1. The van der Waals surface area contributed by atoms with Gasteiger partial charge in [0.05, 0.1) is 32.9 Å². The van der Waals surface area contributed by atoms with Crippen LogP contribution in [0, 0.1) is 13.8 Å². The number of amides is 1. The summed E-state index contributed by atoms with van der Waals surface area (Å²) in [6, 6.07) is 11.1. The lowest BCUT2D eigenvalue weighted by Gasteiger charge is -2.13. The van der Waals surface area contributed by atoms with Crippen molar-refractivity contribution in [3.05, 3.63) is 47.5 Å². The van der Waals surface area contributed by atoms with E-state index >= 15 is 0 Å². The first-order valence-electron chi connectivity index (χ1n) is 7.76. The van der Waals surface area contributed by atoms with Gasteiger partial charge in [-0.3, -0.25) is 4.79 Å². The quantitative estimate of drug-likeness (QED) is 0.841. The zero-order valence-corrected chi connectivity index (χ0v) is 14.5. The van der Waals surface area contributed by atoms with Crippen LogP contribution in [0.5, 0.6) is 17.2 Å². The third-order valence-corrected chi connectivity index (χ3v) is 3.82. The third kappa shape index (κ3) is 4.41. The van der Waals surface area contributed by atoms with Gasteiger partial charge in [0.1, 0.15) is 17.2 Å². The Morgan fingerprint density at radius 2 is 1.83 bits per heavy atom. The van der Waals surface area contributed by atoms with Gasteiger partial charge < -0.3 is 19.5 Å². The standard InChI is InChI=1S/C19H23NO4/c1-13-6-5-7-17(14(13)2)24-11-10-19(21)20-16-12-15(22-3)8-9-18(16)23-4/h5-9,12H,10-11H2,1-4H3,(H,20,21). The Balaban J connectivity index is 1.93. The molecule has 24 heavy (non-hydrogen) atoms. The molecule has 0 heterocycles. The van der Waals surface area contributed by atoms with Gasteiger partial charge in [-0.15, -0.1) is 0 Å². The fraction of sp³-hybridized carbons (Fsp3) is 0.316. The minimum Gasteiger partial charge on any atom is -0.497 e. The van der Waals surface area contributed by atoms with E-state index in [-0.39, 0.29) is 12.3 Å². The number of anilines is 1. The smallest absolute Gasteiger partial charge is 0.227 e. The highest BCUT2D eigenvalue weighted by Crippen LogP contribution is 2.29. The number of hydrogen-bond acceptors (Lipinski definition) is 4. The summed E-state index contributed by atoms with van der Waals surface area (Å²) in [7, 11) is 3.13. The maximum Gasteiger partial charge on any atom is 0.227 e. The number of methoxy groups -OCH3 is 2. The van der Waals surface area contributed by atoms with Crippen LogP contribution in [0.1, 0.15) is 17.5 Å². The summed E-state index contributed by atoms with van der Waals surface area (Å²) in [5.74, 6) is 1.89. The summed E-state index contributed by atoms with van der Waals surface area (Å²) in [6.07, 6.45) is 0.244. The van der Waals surface area contributed by atoms with Crippen LogP contribution in [0.3, 0.4) is 0 Å². The first-order chi connectivity index (χ1) is 11.5. The summed E-state index contributed by atoms with van der Waals surface area (Å²) in [5, 5.41) is 2.82. The second-order valence-corrected chi connectivity index (χ2v) is 5.41. The number of nitrogens with one attached hydrogen (secondary N) is 1. The van der Waals surface area contributed by atoms with E-state index in [2.05, 4.69) is 5.32 Å². The van der Waals surface area contributed by atoms with Crippen molar-refractivity contribution in [3.8, 4) is 17.2 Å². The van der Waals surface area contributed by atoms with Crippen LogP contribution in [0.2, 0.25) is 0 Å². The van der Waals surface area contributed by atoms with E-state index in [1.165, 1.54) is 0 Å². The van der Waals surface area contributed by atoms with E-state index in [1.807, 2.05) is 32.0 Å². The molecule has 2 rings (SSSR count). The molecule has 2 aromatic carbocycles. The van der Waals surface area contributed by atoms with Crippen LogP contribution in [0.4, 0.5) is 5.69 Å². The van der Waals surface area contributed by atoms with Crippen molar-refractivity contribution in [1.82, 2.24) is 0 Å². The van der Waals surface area contributed by atoms with Crippen LogP contribution in [-0.2, 0) is 4.79 Å². The van der Waals surface area contributed by atoms with Crippen molar-refractivity contribution in [3.63, 3.8) is 0 Å². The third-order valence-electron chi connectivity index (χ3n) is 3.82. The molecule has 0 aromatic heterocycles. The minimum absolute atomic E-state index is 0.146. The van der Waals surface area contributed by atoms with E-state index in [1.54, 1.807) is 32.4 Å². The van der Waals surface area contributed by atoms with Crippen molar-refractivity contribution < 1.29 is 19.0 Å². The second-order valence-electron chi connectivity index (χ2n) is 5.41. The number of rotatable bonds is 7. The lowest BCUT2D eigenvalue weighted by molar-refractivity contribution is -0.116. The topological polar surface area (TPSA) is 56.8 Å². The monoisotopic (exact) mass is 329 g/mol. The van der Waals surface area contributed by atoms with Gasteiger partial charge in [0, 0.05) is 6.07 Å². The number of hydrogen-bond donors (Lipinski definition) is 1. The lowest BCUT2D eigenvalue weighted by Crippen LogP contribution is -2.16. The number of ether oxygens (including phenoxy) is 3. The molecular formula is C19H23NO4. The second kappa shape index (κ2) is 8.24. The Bertz CT molecular complexity index is 713. The average Bonchev–Trinajstić information content (AvgIpc) is 2.58. The molecule has 0 radical (unpaired) electrons. The minimum atomic E-state index is -0.146. The number of carbonyl (C=O) groups excluding carboxylic acids is 1. The van der Waals surface area contributed by atoms with Gasteiger partial charge in [-0.2, -0.15) is 0 Å². The van der Waals surface area contributed by atoms with Crippen LogP contribution < -0.4 is 19.5 Å². The van der Waals surface area contributed by atoms with Crippen molar-refractivity contribution >= 4 is 11.6 Å². The predicted octanol–water partition coefficient (Wildman–Crippen LogP) is 3.73. The maximum absolute atomic E-state index is 12.1. The van der Waals surface area contributed by atoms with Crippen molar-refractivity contribution in [1.29, 1.82) is 0 Å². The Labute approximate surface area is 142 Å². The fourth-order valence-electron chi connectivity index (χ4n) is 2.26. The summed E-state index contributed by atoms with van der Waals surface area (Å²) in [6.45, 7) is 4.35. The van der Waals surface area contributed by atoms with Gasteiger partial charge in [-0.1, -0.05) is 12.1 Å². The van der Waals surface area contributed by atoms with Gasteiger partial charge in [0.15, 0.2) is 0 Å². The Hall–Kier alpha value is -2.69. The molecule has 0 atom stereocenters. The molecule has 0 spiro atoms. The first kappa shape index (κ1) is 17.7. The molecule has 0 bridgehead atoms. The summed E-state index contributed by atoms with van der Waals surface area (Å²) >= 11 is 0.